The van der Waals surface area contributed by atoms with Crippen LogP contribution in [0.1, 0.15) is 39.1 Å². The van der Waals surface area contributed by atoms with E-state index in [-0.39, 0.29) is 6.03 Å². The number of amides is 2. The van der Waals surface area contributed by atoms with Gasteiger partial charge >= 0.3 is 6.03 Å². The molecule has 0 saturated carbocycles. The maximum atomic E-state index is 12.4. The van der Waals surface area contributed by atoms with E-state index in [1.54, 1.807) is 0 Å². The van der Waals surface area contributed by atoms with Crippen LogP contribution in [0.5, 0.6) is 0 Å². The van der Waals surface area contributed by atoms with Gasteiger partial charge in [0.25, 0.3) is 0 Å². The third kappa shape index (κ3) is 4.63. The monoisotopic (exact) mass is 375 g/mol. The van der Waals surface area contributed by atoms with Crippen molar-refractivity contribution < 1.29 is 4.79 Å². The Bertz CT molecular complexity index is 978. The lowest BCUT2D eigenvalue weighted by atomic mass is 10.00. The van der Waals surface area contributed by atoms with Gasteiger partial charge in [-0.05, 0) is 80.6 Å². The Kier molecular flexibility index (Phi) is 5.88. The van der Waals surface area contributed by atoms with E-state index in [1.165, 1.54) is 22.3 Å². The van der Waals surface area contributed by atoms with E-state index < -0.39 is 0 Å². The molecule has 0 radical (unpaired) electrons. The van der Waals surface area contributed by atoms with Crippen LogP contribution in [-0.2, 0) is 13.1 Å². The van der Waals surface area contributed by atoms with Gasteiger partial charge in [-0.1, -0.05) is 29.8 Å². The molecule has 0 bridgehead atoms. The van der Waals surface area contributed by atoms with Gasteiger partial charge in [0, 0.05) is 24.1 Å². The molecule has 4 heteroatoms. The fraction of sp³-hybridized carbons (Fsp3) is 0.292. The lowest BCUT2D eigenvalue weighted by molar-refractivity contribution is 0.251. The predicted molar refractivity (Wildman–Crippen MR) is 116 cm³/mol. The number of nitrogens with one attached hydrogen (secondary N) is 2. The molecular formula is C24H29N3O. The molecule has 28 heavy (non-hydrogen) atoms. The second-order valence-electron chi connectivity index (χ2n) is 7.63. The number of rotatable bonds is 5. The molecule has 0 spiro atoms. The minimum absolute atomic E-state index is 0.191. The first-order valence-electron chi connectivity index (χ1n) is 9.66. The second-order valence-corrected chi connectivity index (χ2v) is 7.63. The summed E-state index contributed by atoms with van der Waals surface area (Å²) in [7, 11) is 0. The number of nitrogens with zero attached hydrogens (tertiary/aromatic N) is 1. The topological polar surface area (TPSA) is 46.1 Å². The average molecular weight is 376 g/mol. The fourth-order valence-corrected chi connectivity index (χ4v) is 3.60. The van der Waals surface area contributed by atoms with Crippen LogP contribution in [0.3, 0.4) is 0 Å². The zero-order valence-electron chi connectivity index (χ0n) is 17.4. The van der Waals surface area contributed by atoms with Gasteiger partial charge in [-0.2, -0.15) is 0 Å². The van der Waals surface area contributed by atoms with Crippen LogP contribution in [0.15, 0.2) is 48.7 Å². The Hall–Kier alpha value is -3.01. The summed E-state index contributed by atoms with van der Waals surface area (Å²) in [4.78, 5) is 12.4. The summed E-state index contributed by atoms with van der Waals surface area (Å²) in [6, 6.07) is 14.4. The zero-order valence-corrected chi connectivity index (χ0v) is 17.4. The normalized spacial score (nSPS) is 10.8. The van der Waals surface area contributed by atoms with Crippen LogP contribution >= 0.6 is 0 Å². The highest BCUT2D eigenvalue weighted by Gasteiger charge is 2.09. The van der Waals surface area contributed by atoms with Crippen molar-refractivity contribution in [1.29, 1.82) is 0 Å². The van der Waals surface area contributed by atoms with Crippen molar-refractivity contribution >= 4 is 11.7 Å². The first-order valence-corrected chi connectivity index (χ1v) is 9.66. The quantitative estimate of drug-likeness (QED) is 0.616. The van der Waals surface area contributed by atoms with E-state index in [1.807, 2.05) is 38.1 Å². The number of aryl methyl sites for hydroxylation is 5. The second kappa shape index (κ2) is 8.34. The Morgan fingerprint density at radius 3 is 2.32 bits per heavy atom. The summed E-state index contributed by atoms with van der Waals surface area (Å²) in [5.74, 6) is 0. The SMILES string of the molecule is Cc1cc(C)c(Cn2cccc2CNC(=O)Nc2cc(C)ccc2C)c(C)c1. The molecule has 3 aromatic rings. The van der Waals surface area contributed by atoms with Crippen LogP contribution in [0, 0.1) is 34.6 Å². The predicted octanol–water partition coefficient (Wildman–Crippen LogP) is 5.40. The van der Waals surface area contributed by atoms with E-state index >= 15 is 0 Å². The van der Waals surface area contributed by atoms with Crippen LogP contribution in [0.2, 0.25) is 0 Å². The maximum absolute atomic E-state index is 12.4. The molecular weight excluding hydrogens is 346 g/mol. The minimum Gasteiger partial charge on any atom is -0.345 e. The number of urea groups is 1. The minimum atomic E-state index is -0.191. The Balaban J connectivity index is 1.66. The largest absolute Gasteiger partial charge is 0.345 e. The molecule has 2 amide bonds. The third-order valence-corrected chi connectivity index (χ3v) is 5.16. The molecule has 0 saturated heterocycles. The summed E-state index contributed by atoms with van der Waals surface area (Å²) in [6.07, 6.45) is 2.07. The summed E-state index contributed by atoms with van der Waals surface area (Å²) in [5.41, 5.74) is 9.33. The van der Waals surface area contributed by atoms with Crippen molar-refractivity contribution in [2.45, 2.75) is 47.7 Å². The Morgan fingerprint density at radius 2 is 1.61 bits per heavy atom. The van der Waals surface area contributed by atoms with Gasteiger partial charge in [-0.25, -0.2) is 4.79 Å². The van der Waals surface area contributed by atoms with E-state index in [2.05, 4.69) is 60.4 Å². The molecule has 4 nitrogen and oxygen atoms in total. The highest BCUT2D eigenvalue weighted by atomic mass is 16.2. The Labute approximate surface area is 167 Å². The summed E-state index contributed by atoms with van der Waals surface area (Å²) >= 11 is 0. The number of aromatic nitrogens is 1. The van der Waals surface area contributed by atoms with Gasteiger partial charge in [0.1, 0.15) is 0 Å². The highest BCUT2D eigenvalue weighted by molar-refractivity contribution is 5.90. The number of carbonyl (C=O) groups excluding carboxylic acids is 1. The smallest absolute Gasteiger partial charge is 0.319 e. The molecule has 146 valence electrons. The van der Waals surface area contributed by atoms with Crippen LogP contribution in [-0.4, -0.2) is 10.6 Å². The highest BCUT2D eigenvalue weighted by Crippen LogP contribution is 2.19. The van der Waals surface area contributed by atoms with Crippen LogP contribution < -0.4 is 10.6 Å². The molecule has 3 rings (SSSR count). The van der Waals surface area contributed by atoms with Gasteiger partial charge in [-0.3, -0.25) is 0 Å². The number of benzene rings is 2. The molecule has 2 N–H and O–H groups in total. The molecule has 2 aromatic carbocycles. The molecule has 1 heterocycles. The van der Waals surface area contributed by atoms with Crippen LogP contribution in [0.25, 0.3) is 0 Å². The van der Waals surface area contributed by atoms with Crippen molar-refractivity contribution in [3.8, 4) is 0 Å². The maximum Gasteiger partial charge on any atom is 0.319 e. The first-order chi connectivity index (χ1) is 13.3. The van der Waals surface area contributed by atoms with Crippen molar-refractivity contribution in [2.75, 3.05) is 5.32 Å². The first kappa shape index (κ1) is 19.7. The van der Waals surface area contributed by atoms with Gasteiger partial charge in [0.15, 0.2) is 0 Å². The lowest BCUT2D eigenvalue weighted by Crippen LogP contribution is -2.29. The van der Waals surface area contributed by atoms with Crippen molar-refractivity contribution in [3.05, 3.63) is 87.7 Å². The van der Waals surface area contributed by atoms with Gasteiger partial charge < -0.3 is 15.2 Å². The van der Waals surface area contributed by atoms with Crippen LogP contribution in [0.4, 0.5) is 10.5 Å². The van der Waals surface area contributed by atoms with E-state index in [9.17, 15) is 4.79 Å². The number of hydrogen-bond donors (Lipinski definition) is 2. The number of anilines is 1. The molecule has 0 aliphatic carbocycles. The zero-order chi connectivity index (χ0) is 20.3. The van der Waals surface area contributed by atoms with Gasteiger partial charge in [0.2, 0.25) is 0 Å². The fourth-order valence-electron chi connectivity index (χ4n) is 3.60. The average Bonchev–Trinajstić information content (AvgIpc) is 3.06. The number of carbonyl (C=O) groups is 1. The molecule has 0 fully saturated rings. The van der Waals surface area contributed by atoms with Crippen molar-refractivity contribution in [2.24, 2.45) is 0 Å². The lowest BCUT2D eigenvalue weighted by Gasteiger charge is -2.16. The van der Waals surface area contributed by atoms with E-state index in [0.717, 1.165) is 29.1 Å². The van der Waals surface area contributed by atoms with E-state index in [4.69, 9.17) is 0 Å². The van der Waals surface area contributed by atoms with E-state index in [0.29, 0.717) is 6.54 Å². The third-order valence-electron chi connectivity index (χ3n) is 5.16. The van der Waals surface area contributed by atoms with Gasteiger partial charge in [-0.15, -0.1) is 0 Å². The molecule has 0 aliphatic heterocycles. The van der Waals surface area contributed by atoms with Crippen molar-refractivity contribution in [1.82, 2.24) is 9.88 Å². The van der Waals surface area contributed by atoms with Crippen molar-refractivity contribution in [3.63, 3.8) is 0 Å². The Morgan fingerprint density at radius 1 is 0.893 bits per heavy atom. The molecule has 1 aromatic heterocycles. The molecule has 0 unspecified atom stereocenters. The summed E-state index contributed by atoms with van der Waals surface area (Å²) < 4.78 is 2.20. The molecule has 0 atom stereocenters. The standard InChI is InChI=1S/C24H29N3O/c1-16-8-9-18(3)23(13-16)26-24(28)25-14-21-7-6-10-27(21)15-22-19(4)11-17(2)12-20(22)5/h6-13H,14-15H2,1-5H3,(H2,25,26,28). The summed E-state index contributed by atoms with van der Waals surface area (Å²) in [5, 5.41) is 5.92. The number of hydrogen-bond acceptors (Lipinski definition) is 1. The van der Waals surface area contributed by atoms with Gasteiger partial charge in [0.05, 0.1) is 6.54 Å². The molecule has 0 aliphatic rings. The summed E-state index contributed by atoms with van der Waals surface area (Å²) in [6.45, 7) is 11.7.